The zero-order chi connectivity index (χ0) is 16.5. The molecule has 2 aliphatic rings. The third-order valence-corrected chi connectivity index (χ3v) is 7.34. The maximum Gasteiger partial charge on any atom is 0.211 e. The lowest BCUT2D eigenvalue weighted by atomic mass is 9.83. The topological polar surface area (TPSA) is 58.6 Å². The van der Waals surface area contributed by atoms with Crippen molar-refractivity contribution in [1.82, 2.24) is 9.62 Å². The number of likely N-dealkylation sites (tertiary alicyclic amines) is 1. The summed E-state index contributed by atoms with van der Waals surface area (Å²) >= 11 is 1.83. The van der Waals surface area contributed by atoms with Crippen LogP contribution in [0.25, 0.3) is 0 Å². The number of ether oxygens (including phenoxy) is 1. The third-order valence-electron chi connectivity index (χ3n) is 4.96. The second-order valence-electron chi connectivity index (χ2n) is 6.82. The summed E-state index contributed by atoms with van der Waals surface area (Å²) in [6.07, 6.45) is 2.07. The van der Waals surface area contributed by atoms with Crippen LogP contribution in [0.5, 0.6) is 0 Å². The van der Waals surface area contributed by atoms with Crippen molar-refractivity contribution in [2.75, 3.05) is 32.0 Å². The van der Waals surface area contributed by atoms with Gasteiger partial charge in [0.2, 0.25) is 10.0 Å². The minimum absolute atomic E-state index is 0.0191. The Kier molecular flexibility index (Phi) is 5.13. The van der Waals surface area contributed by atoms with Gasteiger partial charge in [-0.2, -0.15) is 0 Å². The van der Waals surface area contributed by atoms with Crippen molar-refractivity contribution < 1.29 is 13.2 Å². The Morgan fingerprint density at radius 3 is 2.83 bits per heavy atom. The number of nitrogens with one attached hydrogen (secondary N) is 1. The van der Waals surface area contributed by atoms with E-state index in [1.807, 2.05) is 11.3 Å². The van der Waals surface area contributed by atoms with E-state index in [0.717, 1.165) is 32.5 Å². The molecule has 3 heterocycles. The molecular formula is C16H26N2O3S2. The molecular weight excluding hydrogens is 332 g/mol. The van der Waals surface area contributed by atoms with Crippen LogP contribution in [0, 0.1) is 12.8 Å². The van der Waals surface area contributed by atoms with Crippen molar-refractivity contribution >= 4 is 21.4 Å². The number of aryl methyl sites for hydroxylation is 1. The summed E-state index contributed by atoms with van der Waals surface area (Å²) in [6.45, 7) is 8.01. The maximum absolute atomic E-state index is 11.5. The number of nitrogens with zero attached hydrogens (tertiary/aromatic N) is 1. The summed E-state index contributed by atoms with van der Waals surface area (Å²) in [4.78, 5) is 3.89. The fourth-order valence-electron chi connectivity index (χ4n) is 3.32. The molecule has 0 saturated carbocycles. The number of hydrogen-bond acceptors (Lipinski definition) is 5. The first kappa shape index (κ1) is 17.4. The van der Waals surface area contributed by atoms with Gasteiger partial charge in [-0.25, -0.2) is 13.1 Å². The molecule has 1 N–H and O–H groups in total. The van der Waals surface area contributed by atoms with Crippen LogP contribution < -0.4 is 4.72 Å². The maximum atomic E-state index is 11.5. The van der Waals surface area contributed by atoms with E-state index in [2.05, 4.69) is 28.0 Å². The lowest BCUT2D eigenvalue weighted by Gasteiger charge is -2.53. The van der Waals surface area contributed by atoms with Gasteiger partial charge in [0.25, 0.3) is 0 Å². The van der Waals surface area contributed by atoms with E-state index in [9.17, 15) is 8.42 Å². The van der Waals surface area contributed by atoms with E-state index in [1.165, 1.54) is 10.4 Å². The summed E-state index contributed by atoms with van der Waals surface area (Å²) in [7, 11) is -3.09. The highest BCUT2D eigenvalue weighted by Gasteiger charge is 2.46. The first-order valence-electron chi connectivity index (χ1n) is 8.28. The van der Waals surface area contributed by atoms with Gasteiger partial charge in [-0.15, -0.1) is 11.3 Å². The Bertz CT molecular complexity index is 626. The van der Waals surface area contributed by atoms with Crippen molar-refractivity contribution in [2.24, 2.45) is 5.92 Å². The van der Waals surface area contributed by atoms with E-state index in [4.69, 9.17) is 4.74 Å². The molecule has 23 heavy (non-hydrogen) atoms. The molecule has 7 heteroatoms. The van der Waals surface area contributed by atoms with Gasteiger partial charge < -0.3 is 4.74 Å². The summed E-state index contributed by atoms with van der Waals surface area (Å²) in [5, 5.41) is 2.15. The van der Waals surface area contributed by atoms with Crippen molar-refractivity contribution in [1.29, 1.82) is 0 Å². The largest absolute Gasteiger partial charge is 0.372 e. The van der Waals surface area contributed by atoms with Gasteiger partial charge in [0.15, 0.2) is 0 Å². The third kappa shape index (κ3) is 4.14. The summed E-state index contributed by atoms with van der Waals surface area (Å²) < 4.78 is 31.8. The molecule has 1 atom stereocenters. The van der Waals surface area contributed by atoms with Crippen molar-refractivity contribution in [3.63, 3.8) is 0 Å². The second-order valence-corrected chi connectivity index (χ2v) is 9.92. The molecule has 1 spiro atoms. The van der Waals surface area contributed by atoms with E-state index >= 15 is 0 Å². The molecule has 0 aliphatic carbocycles. The van der Waals surface area contributed by atoms with Crippen molar-refractivity contribution in [3.05, 3.63) is 21.9 Å². The Labute approximate surface area is 143 Å². The molecule has 0 aromatic carbocycles. The fourth-order valence-corrected chi connectivity index (χ4v) is 4.97. The van der Waals surface area contributed by atoms with Gasteiger partial charge in [-0.3, -0.25) is 4.90 Å². The van der Waals surface area contributed by atoms with Crippen LogP contribution >= 0.6 is 11.3 Å². The Morgan fingerprint density at radius 2 is 2.26 bits per heavy atom. The minimum Gasteiger partial charge on any atom is -0.372 e. The zero-order valence-corrected chi connectivity index (χ0v) is 15.5. The molecule has 5 nitrogen and oxygen atoms in total. The van der Waals surface area contributed by atoms with Gasteiger partial charge >= 0.3 is 0 Å². The summed E-state index contributed by atoms with van der Waals surface area (Å²) in [5.41, 5.74) is 1.40. The Hall–Kier alpha value is -0.470. The van der Waals surface area contributed by atoms with Crippen LogP contribution in [-0.4, -0.2) is 50.9 Å². The smallest absolute Gasteiger partial charge is 0.211 e. The van der Waals surface area contributed by atoms with Gasteiger partial charge in [0.05, 0.1) is 18.0 Å². The number of sulfonamides is 1. The lowest BCUT2D eigenvalue weighted by molar-refractivity contribution is -0.180. The van der Waals surface area contributed by atoms with E-state index in [-0.39, 0.29) is 11.4 Å². The first-order chi connectivity index (χ1) is 10.9. The van der Waals surface area contributed by atoms with Crippen molar-refractivity contribution in [3.8, 4) is 0 Å². The van der Waals surface area contributed by atoms with Gasteiger partial charge in [0.1, 0.15) is 0 Å². The van der Waals surface area contributed by atoms with E-state index < -0.39 is 10.0 Å². The van der Waals surface area contributed by atoms with Crippen molar-refractivity contribution in [2.45, 2.75) is 38.8 Å². The second kappa shape index (κ2) is 6.80. The SMILES string of the molecule is CCS(=O)(=O)NC[C@@H]1CCC2(CN(Cc3sccc3C)C2)OC1. The first-order valence-corrected chi connectivity index (χ1v) is 10.8. The lowest BCUT2D eigenvalue weighted by Crippen LogP contribution is -2.64. The van der Waals surface area contributed by atoms with Gasteiger partial charge in [-0.05, 0) is 49.6 Å². The molecule has 0 bridgehead atoms. The fraction of sp³-hybridized carbons (Fsp3) is 0.750. The van der Waals surface area contributed by atoms with Crippen LogP contribution in [-0.2, 0) is 21.3 Å². The standard InChI is InChI=1S/C16H26N2O3S2/c1-3-23(19,20)17-8-14-4-6-16(21-10-14)11-18(12-16)9-15-13(2)5-7-22-15/h5,7,14,17H,3-4,6,8-12H2,1-2H3/t14-/m0/s1. The highest BCUT2D eigenvalue weighted by Crippen LogP contribution is 2.37. The molecule has 0 amide bonds. The van der Waals surface area contributed by atoms with Gasteiger partial charge in [0, 0.05) is 31.1 Å². The van der Waals surface area contributed by atoms with Crippen LogP contribution in [0.2, 0.25) is 0 Å². The predicted molar refractivity (Wildman–Crippen MR) is 93.2 cm³/mol. The van der Waals surface area contributed by atoms with Crippen LogP contribution in [0.3, 0.4) is 0 Å². The molecule has 2 aliphatic heterocycles. The molecule has 2 fully saturated rings. The number of hydrogen-bond donors (Lipinski definition) is 1. The molecule has 3 rings (SSSR count). The average Bonchev–Trinajstić information content (AvgIpc) is 2.90. The monoisotopic (exact) mass is 358 g/mol. The quantitative estimate of drug-likeness (QED) is 0.845. The molecule has 130 valence electrons. The summed E-state index contributed by atoms with van der Waals surface area (Å²) in [5.74, 6) is 0.442. The average molecular weight is 359 g/mol. The Morgan fingerprint density at radius 1 is 1.48 bits per heavy atom. The molecule has 2 saturated heterocycles. The molecule has 0 radical (unpaired) electrons. The van der Waals surface area contributed by atoms with Crippen LogP contribution in [0.4, 0.5) is 0 Å². The minimum atomic E-state index is -3.09. The molecule has 0 unspecified atom stereocenters. The Balaban J connectivity index is 1.41. The number of thiophene rings is 1. The molecule has 1 aromatic heterocycles. The highest BCUT2D eigenvalue weighted by atomic mass is 32.2. The molecule has 1 aromatic rings. The van der Waals surface area contributed by atoms with Gasteiger partial charge in [-0.1, -0.05) is 0 Å². The van der Waals surface area contributed by atoms with Crippen LogP contribution in [0.1, 0.15) is 30.2 Å². The normalized spacial score (nSPS) is 24.7. The predicted octanol–water partition coefficient (Wildman–Crippen LogP) is 1.98. The van der Waals surface area contributed by atoms with E-state index in [1.54, 1.807) is 6.92 Å². The zero-order valence-electron chi connectivity index (χ0n) is 13.9. The summed E-state index contributed by atoms with van der Waals surface area (Å²) in [6, 6.07) is 2.18. The van der Waals surface area contributed by atoms with E-state index in [0.29, 0.717) is 19.1 Å². The van der Waals surface area contributed by atoms with Crippen LogP contribution in [0.15, 0.2) is 11.4 Å². The highest BCUT2D eigenvalue weighted by molar-refractivity contribution is 7.89. The number of rotatable bonds is 6.